The van der Waals surface area contributed by atoms with E-state index in [4.69, 9.17) is 5.11 Å². The Morgan fingerprint density at radius 3 is 2.53 bits per heavy atom. The van der Waals surface area contributed by atoms with E-state index >= 15 is 0 Å². The molecule has 0 spiro atoms. The average Bonchev–Trinajstić information content (AvgIpc) is 2.60. The fraction of sp³-hybridized carbons (Fsp3) is 0.357. The number of rotatable bonds is 4. The first kappa shape index (κ1) is 13.3. The second-order valence-electron chi connectivity index (χ2n) is 4.87. The lowest BCUT2D eigenvalue weighted by Gasteiger charge is -2.22. The molecule has 1 aromatic carbocycles. The maximum absolute atomic E-state index is 12.4. The number of imide groups is 1. The first-order valence-electron chi connectivity index (χ1n) is 6.07. The largest absolute Gasteiger partial charge is 0.481 e. The summed E-state index contributed by atoms with van der Waals surface area (Å²) in [4.78, 5) is 35.9. The molecular weight excluding hydrogens is 246 g/mol. The second-order valence-corrected chi connectivity index (χ2v) is 4.87. The highest BCUT2D eigenvalue weighted by molar-refractivity contribution is 6.08. The van der Waals surface area contributed by atoms with E-state index < -0.39 is 11.4 Å². The van der Waals surface area contributed by atoms with Crippen LogP contribution in [0.5, 0.6) is 0 Å². The van der Waals surface area contributed by atoms with E-state index in [-0.39, 0.29) is 31.2 Å². The highest BCUT2D eigenvalue weighted by atomic mass is 16.4. The lowest BCUT2D eigenvalue weighted by molar-refractivity contribution is -0.141. The van der Waals surface area contributed by atoms with Crippen LogP contribution in [0.4, 0.5) is 0 Å². The molecule has 2 amide bonds. The Labute approximate surface area is 110 Å². The monoisotopic (exact) mass is 261 g/mol. The zero-order valence-electron chi connectivity index (χ0n) is 10.6. The molecule has 1 aliphatic rings. The SMILES string of the molecule is C[C@@]1(c2ccccc2)CC(=O)N(CCC(=O)O)C1=O. The maximum atomic E-state index is 12.4. The normalized spacial score (nSPS) is 22.9. The van der Waals surface area contributed by atoms with Crippen LogP contribution in [0, 0.1) is 0 Å². The fourth-order valence-corrected chi connectivity index (χ4v) is 2.35. The number of carboxylic acids is 1. The second kappa shape index (κ2) is 4.84. The number of hydrogen-bond acceptors (Lipinski definition) is 3. The number of amides is 2. The van der Waals surface area contributed by atoms with Crippen molar-refractivity contribution < 1.29 is 19.5 Å². The molecule has 0 unspecified atom stereocenters. The summed E-state index contributed by atoms with van der Waals surface area (Å²) < 4.78 is 0. The minimum absolute atomic E-state index is 0.0601. The minimum Gasteiger partial charge on any atom is -0.481 e. The lowest BCUT2D eigenvalue weighted by atomic mass is 9.81. The molecule has 0 radical (unpaired) electrons. The van der Waals surface area contributed by atoms with Crippen LogP contribution in [0.2, 0.25) is 0 Å². The van der Waals surface area contributed by atoms with Gasteiger partial charge < -0.3 is 5.11 Å². The van der Waals surface area contributed by atoms with E-state index in [1.807, 2.05) is 30.3 Å². The van der Waals surface area contributed by atoms with Gasteiger partial charge in [0.05, 0.1) is 11.8 Å². The summed E-state index contributed by atoms with van der Waals surface area (Å²) in [5, 5.41) is 8.64. The molecule has 0 aliphatic carbocycles. The van der Waals surface area contributed by atoms with Gasteiger partial charge in [0, 0.05) is 13.0 Å². The molecule has 1 atom stereocenters. The molecule has 1 fully saturated rings. The molecule has 5 nitrogen and oxygen atoms in total. The Hall–Kier alpha value is -2.17. The van der Waals surface area contributed by atoms with Gasteiger partial charge >= 0.3 is 5.97 Å². The van der Waals surface area contributed by atoms with Crippen LogP contribution in [0.3, 0.4) is 0 Å². The topological polar surface area (TPSA) is 74.7 Å². The molecule has 1 aromatic rings. The van der Waals surface area contributed by atoms with Crippen LogP contribution in [-0.4, -0.2) is 34.3 Å². The van der Waals surface area contributed by atoms with Crippen LogP contribution in [0.15, 0.2) is 30.3 Å². The summed E-state index contributed by atoms with van der Waals surface area (Å²) in [7, 11) is 0. The molecule has 2 rings (SSSR count). The Morgan fingerprint density at radius 1 is 1.32 bits per heavy atom. The summed E-state index contributed by atoms with van der Waals surface area (Å²) in [6, 6.07) is 9.10. The highest BCUT2D eigenvalue weighted by Gasteiger charge is 2.48. The molecule has 1 saturated heterocycles. The van der Waals surface area contributed by atoms with E-state index in [1.54, 1.807) is 6.92 Å². The van der Waals surface area contributed by atoms with Crippen molar-refractivity contribution in [1.29, 1.82) is 0 Å². The number of hydrogen-bond donors (Lipinski definition) is 1. The first-order chi connectivity index (χ1) is 8.95. The molecule has 1 heterocycles. The van der Waals surface area contributed by atoms with Gasteiger partial charge in [-0.1, -0.05) is 30.3 Å². The first-order valence-corrected chi connectivity index (χ1v) is 6.07. The van der Waals surface area contributed by atoms with Crippen molar-refractivity contribution in [3.8, 4) is 0 Å². The Kier molecular flexibility index (Phi) is 3.38. The van der Waals surface area contributed by atoms with Crippen molar-refractivity contribution in [2.45, 2.75) is 25.2 Å². The third-order valence-corrected chi connectivity index (χ3v) is 3.48. The number of carbonyl (C=O) groups is 3. The van der Waals surface area contributed by atoms with Crippen LogP contribution in [-0.2, 0) is 19.8 Å². The quantitative estimate of drug-likeness (QED) is 0.826. The molecule has 0 aromatic heterocycles. The minimum atomic E-state index is -1.02. The summed E-state index contributed by atoms with van der Waals surface area (Å²) in [5.41, 5.74) is -0.0946. The van der Waals surface area contributed by atoms with E-state index in [0.717, 1.165) is 10.5 Å². The zero-order chi connectivity index (χ0) is 14.0. The predicted molar refractivity (Wildman–Crippen MR) is 67.4 cm³/mol. The van der Waals surface area contributed by atoms with Crippen molar-refractivity contribution in [1.82, 2.24) is 4.90 Å². The van der Waals surface area contributed by atoms with E-state index in [1.165, 1.54) is 0 Å². The van der Waals surface area contributed by atoms with Gasteiger partial charge in [0.1, 0.15) is 0 Å². The number of benzene rings is 1. The van der Waals surface area contributed by atoms with E-state index in [9.17, 15) is 14.4 Å². The molecule has 5 heteroatoms. The van der Waals surface area contributed by atoms with Crippen LogP contribution >= 0.6 is 0 Å². The molecule has 1 N–H and O–H groups in total. The Bertz CT molecular complexity index is 526. The van der Waals surface area contributed by atoms with Gasteiger partial charge in [-0.15, -0.1) is 0 Å². The van der Waals surface area contributed by atoms with Gasteiger partial charge in [0.2, 0.25) is 11.8 Å². The maximum Gasteiger partial charge on any atom is 0.305 e. The fourth-order valence-electron chi connectivity index (χ4n) is 2.35. The van der Waals surface area contributed by atoms with Crippen molar-refractivity contribution >= 4 is 17.8 Å². The summed E-state index contributed by atoms with van der Waals surface area (Å²) in [6.45, 7) is 1.67. The number of carbonyl (C=O) groups excluding carboxylic acids is 2. The van der Waals surface area contributed by atoms with Crippen molar-refractivity contribution in [2.75, 3.05) is 6.54 Å². The predicted octanol–water partition coefficient (Wildman–Crippen LogP) is 1.18. The van der Waals surface area contributed by atoms with Gasteiger partial charge in [0.15, 0.2) is 0 Å². The third kappa shape index (κ3) is 2.36. The Balaban J connectivity index is 2.24. The average molecular weight is 261 g/mol. The Morgan fingerprint density at radius 2 is 1.95 bits per heavy atom. The summed E-state index contributed by atoms with van der Waals surface area (Å²) in [5.74, 6) is -1.64. The summed E-state index contributed by atoms with van der Waals surface area (Å²) in [6.07, 6.45) is -0.127. The number of nitrogens with zero attached hydrogens (tertiary/aromatic N) is 1. The van der Waals surface area contributed by atoms with Crippen LogP contribution in [0.1, 0.15) is 25.3 Å². The zero-order valence-corrected chi connectivity index (χ0v) is 10.6. The summed E-state index contributed by atoms with van der Waals surface area (Å²) >= 11 is 0. The highest BCUT2D eigenvalue weighted by Crippen LogP contribution is 2.36. The smallest absolute Gasteiger partial charge is 0.305 e. The molecule has 100 valence electrons. The van der Waals surface area contributed by atoms with Crippen LogP contribution in [0.25, 0.3) is 0 Å². The number of carboxylic acid groups (broad SMARTS) is 1. The standard InChI is InChI=1S/C14H15NO4/c1-14(10-5-3-2-4-6-10)9-11(16)15(13(14)19)8-7-12(17)18/h2-6H,7-9H2,1H3,(H,17,18)/t14-/m0/s1. The van der Waals surface area contributed by atoms with Gasteiger partial charge in [0.25, 0.3) is 0 Å². The molecular formula is C14H15NO4. The van der Waals surface area contributed by atoms with Gasteiger partial charge in [-0.3, -0.25) is 19.3 Å². The van der Waals surface area contributed by atoms with E-state index in [0.29, 0.717) is 0 Å². The van der Waals surface area contributed by atoms with Crippen molar-refractivity contribution in [3.05, 3.63) is 35.9 Å². The van der Waals surface area contributed by atoms with Crippen molar-refractivity contribution in [2.24, 2.45) is 0 Å². The molecule has 19 heavy (non-hydrogen) atoms. The van der Waals surface area contributed by atoms with Gasteiger partial charge in [-0.2, -0.15) is 0 Å². The molecule has 0 bridgehead atoms. The molecule has 0 saturated carbocycles. The molecule has 1 aliphatic heterocycles. The van der Waals surface area contributed by atoms with Gasteiger partial charge in [-0.25, -0.2) is 0 Å². The number of likely N-dealkylation sites (tertiary alicyclic amines) is 1. The number of aliphatic carboxylic acids is 1. The lowest BCUT2D eigenvalue weighted by Crippen LogP contribution is -2.37. The van der Waals surface area contributed by atoms with E-state index in [2.05, 4.69) is 0 Å². The van der Waals surface area contributed by atoms with Gasteiger partial charge in [-0.05, 0) is 12.5 Å². The van der Waals surface area contributed by atoms with Crippen LogP contribution < -0.4 is 0 Å². The van der Waals surface area contributed by atoms with Crippen molar-refractivity contribution in [3.63, 3.8) is 0 Å². The third-order valence-electron chi connectivity index (χ3n) is 3.48.